The van der Waals surface area contributed by atoms with Gasteiger partial charge in [-0.3, -0.25) is 4.79 Å². The van der Waals surface area contributed by atoms with Crippen LogP contribution >= 0.6 is 0 Å². The third-order valence-electron chi connectivity index (χ3n) is 3.73. The monoisotopic (exact) mass is 295 g/mol. The first-order valence-electron chi connectivity index (χ1n) is 6.38. The first-order valence-corrected chi connectivity index (χ1v) is 6.38. The van der Waals surface area contributed by atoms with Crippen LogP contribution in [0.3, 0.4) is 0 Å². The number of methoxy groups -OCH3 is 2. The number of ether oxygens (including phenoxy) is 2. The van der Waals surface area contributed by atoms with Gasteiger partial charge in [-0.15, -0.1) is 0 Å². The molecule has 7 heteroatoms. The van der Waals surface area contributed by atoms with Crippen LogP contribution in [-0.4, -0.2) is 59.9 Å². The Kier molecular flexibility index (Phi) is 4.04. The van der Waals surface area contributed by atoms with Gasteiger partial charge in [-0.2, -0.15) is 0 Å². The minimum Gasteiger partial charge on any atom is -0.507 e. The number of phenolic OH excluding ortho intramolecular Hbond substituents is 1. The van der Waals surface area contributed by atoms with Crippen molar-refractivity contribution >= 4 is 11.9 Å². The normalized spacial score (nSPS) is 21.3. The van der Waals surface area contributed by atoms with Crippen LogP contribution in [0.5, 0.6) is 11.5 Å². The number of amides is 1. The number of carboxylic acid groups (broad SMARTS) is 1. The summed E-state index contributed by atoms with van der Waals surface area (Å²) in [7, 11) is 2.77. The Hall–Kier alpha value is -2.28. The van der Waals surface area contributed by atoms with Crippen LogP contribution in [0.2, 0.25) is 0 Å². The van der Waals surface area contributed by atoms with Gasteiger partial charge in [-0.1, -0.05) is 0 Å². The summed E-state index contributed by atoms with van der Waals surface area (Å²) in [6, 6.07) is 4.35. The molecule has 1 aromatic carbocycles. The number of aliphatic carboxylic acids is 1. The summed E-state index contributed by atoms with van der Waals surface area (Å²) in [6.07, 6.45) is 0.210. The van der Waals surface area contributed by atoms with E-state index in [4.69, 9.17) is 9.47 Å². The van der Waals surface area contributed by atoms with E-state index in [0.29, 0.717) is 5.75 Å². The van der Waals surface area contributed by atoms with Crippen LogP contribution in [0.1, 0.15) is 16.8 Å². The summed E-state index contributed by atoms with van der Waals surface area (Å²) < 4.78 is 10.0. The second kappa shape index (κ2) is 5.61. The maximum Gasteiger partial charge on any atom is 0.337 e. The summed E-state index contributed by atoms with van der Waals surface area (Å²) >= 11 is 0. The predicted octanol–water partition coefficient (Wildman–Crippen LogP) is 0.716. The van der Waals surface area contributed by atoms with Crippen LogP contribution < -0.4 is 4.74 Å². The van der Waals surface area contributed by atoms with E-state index in [1.165, 1.54) is 31.3 Å². The topological polar surface area (TPSA) is 96.3 Å². The van der Waals surface area contributed by atoms with E-state index < -0.39 is 17.5 Å². The first kappa shape index (κ1) is 15.1. The Labute approximate surface area is 121 Å². The van der Waals surface area contributed by atoms with Gasteiger partial charge in [0, 0.05) is 26.1 Å². The maximum absolute atomic E-state index is 12.4. The maximum atomic E-state index is 12.4. The van der Waals surface area contributed by atoms with Crippen molar-refractivity contribution in [3.05, 3.63) is 23.8 Å². The number of phenols is 1. The molecule has 0 saturated carbocycles. The highest BCUT2D eigenvalue weighted by molar-refractivity contribution is 5.98. The first-order chi connectivity index (χ1) is 9.93. The van der Waals surface area contributed by atoms with Crippen LogP contribution in [0, 0.1) is 0 Å². The fraction of sp³-hybridized carbons (Fsp3) is 0.429. The lowest BCUT2D eigenvalue weighted by atomic mass is 10.0. The SMILES string of the molecule is COc1ccc(C(=O)N2CCC(OC)(C(=O)O)C2)c(O)c1. The minimum absolute atomic E-state index is 0.0524. The summed E-state index contributed by atoms with van der Waals surface area (Å²) in [4.78, 5) is 25.0. The van der Waals surface area contributed by atoms with Crippen molar-refractivity contribution in [1.82, 2.24) is 4.90 Å². The Morgan fingerprint density at radius 2 is 2.05 bits per heavy atom. The van der Waals surface area contributed by atoms with Crippen molar-refractivity contribution in [3.8, 4) is 11.5 Å². The second-order valence-electron chi connectivity index (χ2n) is 4.86. The average molecular weight is 295 g/mol. The van der Waals surface area contributed by atoms with Gasteiger partial charge in [0.1, 0.15) is 11.5 Å². The number of carbonyl (C=O) groups is 2. The number of benzene rings is 1. The van der Waals surface area contributed by atoms with Gasteiger partial charge in [0.05, 0.1) is 19.2 Å². The van der Waals surface area contributed by atoms with Gasteiger partial charge in [-0.05, 0) is 12.1 Å². The van der Waals surface area contributed by atoms with Gasteiger partial charge in [0.15, 0.2) is 5.60 Å². The van der Waals surface area contributed by atoms with Gasteiger partial charge in [0.2, 0.25) is 0 Å². The second-order valence-corrected chi connectivity index (χ2v) is 4.86. The smallest absolute Gasteiger partial charge is 0.337 e. The van der Waals surface area contributed by atoms with Crippen LogP contribution in [-0.2, 0) is 9.53 Å². The van der Waals surface area contributed by atoms with Crippen molar-refractivity contribution in [3.63, 3.8) is 0 Å². The summed E-state index contributed by atoms with van der Waals surface area (Å²) in [5, 5.41) is 19.1. The largest absolute Gasteiger partial charge is 0.507 e. The number of carboxylic acids is 1. The van der Waals surface area contributed by atoms with E-state index >= 15 is 0 Å². The zero-order chi connectivity index (χ0) is 15.6. The molecular weight excluding hydrogens is 278 g/mol. The molecule has 1 atom stereocenters. The molecule has 1 heterocycles. The molecule has 0 spiro atoms. The molecule has 0 bridgehead atoms. The third kappa shape index (κ3) is 2.64. The number of hydrogen-bond acceptors (Lipinski definition) is 5. The molecule has 2 rings (SSSR count). The van der Waals surface area contributed by atoms with E-state index in [1.807, 2.05) is 0 Å². The Morgan fingerprint density at radius 3 is 2.52 bits per heavy atom. The molecule has 1 aromatic rings. The number of rotatable bonds is 4. The van der Waals surface area contributed by atoms with Crippen LogP contribution in [0.15, 0.2) is 18.2 Å². The lowest BCUT2D eigenvalue weighted by Crippen LogP contribution is -2.44. The summed E-state index contributed by atoms with van der Waals surface area (Å²) in [5.41, 5.74) is -1.27. The molecule has 0 radical (unpaired) electrons. The number of carbonyl (C=O) groups excluding carboxylic acids is 1. The van der Waals surface area contributed by atoms with Crippen molar-refractivity contribution in [2.75, 3.05) is 27.3 Å². The lowest BCUT2D eigenvalue weighted by Gasteiger charge is -2.23. The molecule has 0 aromatic heterocycles. The molecule has 0 aliphatic carbocycles. The number of likely N-dealkylation sites (tertiary alicyclic amines) is 1. The van der Waals surface area contributed by atoms with Crippen LogP contribution in [0.4, 0.5) is 0 Å². The molecule has 7 nitrogen and oxygen atoms in total. The molecule has 21 heavy (non-hydrogen) atoms. The molecule has 114 valence electrons. The molecular formula is C14H17NO6. The minimum atomic E-state index is -1.38. The standard InChI is InChI=1S/C14H17NO6/c1-20-9-3-4-10(11(16)7-9)12(17)15-6-5-14(8-15,21-2)13(18)19/h3-4,7,16H,5-6,8H2,1-2H3,(H,18,19). The Morgan fingerprint density at radius 1 is 1.33 bits per heavy atom. The van der Waals surface area contributed by atoms with Gasteiger partial charge < -0.3 is 24.6 Å². The van der Waals surface area contributed by atoms with Crippen molar-refractivity contribution in [2.24, 2.45) is 0 Å². The molecule has 1 amide bonds. The number of nitrogens with zero attached hydrogens (tertiary/aromatic N) is 1. The number of aromatic hydroxyl groups is 1. The van der Waals surface area contributed by atoms with Crippen molar-refractivity contribution < 1.29 is 29.3 Å². The van der Waals surface area contributed by atoms with Crippen molar-refractivity contribution in [1.29, 1.82) is 0 Å². The zero-order valence-electron chi connectivity index (χ0n) is 11.8. The summed E-state index contributed by atoms with van der Waals surface area (Å²) in [5.74, 6) is -1.30. The quantitative estimate of drug-likeness (QED) is 0.849. The molecule has 1 saturated heterocycles. The van der Waals surface area contributed by atoms with E-state index in [-0.39, 0.29) is 30.8 Å². The predicted molar refractivity (Wildman–Crippen MR) is 72.6 cm³/mol. The molecule has 1 aliphatic rings. The van der Waals surface area contributed by atoms with Crippen LogP contribution in [0.25, 0.3) is 0 Å². The van der Waals surface area contributed by atoms with E-state index in [0.717, 1.165) is 0 Å². The highest BCUT2D eigenvalue weighted by Gasteiger charge is 2.47. The zero-order valence-corrected chi connectivity index (χ0v) is 11.8. The highest BCUT2D eigenvalue weighted by atomic mass is 16.5. The average Bonchev–Trinajstić information content (AvgIpc) is 2.92. The Bertz CT molecular complexity index is 573. The van der Waals surface area contributed by atoms with E-state index in [2.05, 4.69) is 0 Å². The number of hydrogen-bond donors (Lipinski definition) is 2. The lowest BCUT2D eigenvalue weighted by molar-refractivity contribution is -0.160. The summed E-state index contributed by atoms with van der Waals surface area (Å²) in [6.45, 7) is 0.202. The molecule has 1 unspecified atom stereocenters. The Balaban J connectivity index is 2.21. The van der Waals surface area contributed by atoms with E-state index in [1.54, 1.807) is 6.07 Å². The van der Waals surface area contributed by atoms with E-state index in [9.17, 15) is 19.8 Å². The molecule has 1 fully saturated rings. The van der Waals surface area contributed by atoms with Gasteiger partial charge >= 0.3 is 5.97 Å². The fourth-order valence-electron chi connectivity index (χ4n) is 2.37. The fourth-order valence-corrected chi connectivity index (χ4v) is 2.37. The molecule has 2 N–H and O–H groups in total. The van der Waals surface area contributed by atoms with Gasteiger partial charge in [0.25, 0.3) is 5.91 Å². The molecule has 1 aliphatic heterocycles. The highest BCUT2D eigenvalue weighted by Crippen LogP contribution is 2.30. The van der Waals surface area contributed by atoms with Crippen molar-refractivity contribution in [2.45, 2.75) is 12.0 Å². The van der Waals surface area contributed by atoms with Gasteiger partial charge in [-0.25, -0.2) is 4.79 Å². The third-order valence-corrected chi connectivity index (χ3v) is 3.73.